The summed E-state index contributed by atoms with van der Waals surface area (Å²) in [5.41, 5.74) is 5.90. The first-order valence-corrected chi connectivity index (χ1v) is 7.77. The van der Waals surface area contributed by atoms with Gasteiger partial charge in [-0.05, 0) is 44.0 Å². The molecule has 0 aliphatic heterocycles. The molecule has 1 aromatic rings. The largest absolute Gasteiger partial charge is 0.366 e. The first-order chi connectivity index (χ1) is 8.93. The fraction of sp³-hybridized carbons (Fsp3) is 0.500. The maximum atomic E-state index is 14.1. The van der Waals surface area contributed by atoms with Crippen LogP contribution in [0.4, 0.5) is 10.1 Å². The van der Waals surface area contributed by atoms with E-state index in [1.165, 1.54) is 12.1 Å². The van der Waals surface area contributed by atoms with Crippen molar-refractivity contribution in [2.75, 3.05) is 18.0 Å². The highest BCUT2D eigenvalue weighted by molar-refractivity contribution is 7.89. The van der Waals surface area contributed by atoms with Gasteiger partial charge in [0.25, 0.3) is 0 Å². The summed E-state index contributed by atoms with van der Waals surface area (Å²) in [4.78, 5) is 1.75. The minimum Gasteiger partial charge on any atom is -0.366 e. The first-order valence-electron chi connectivity index (χ1n) is 6.22. The minimum absolute atomic E-state index is 0.205. The normalized spacial score (nSPS) is 15.5. The lowest BCUT2D eigenvalue weighted by molar-refractivity contribution is 0.589. The van der Waals surface area contributed by atoms with Gasteiger partial charge in [0.15, 0.2) is 0 Å². The smallest absolute Gasteiger partial charge is 0.238 e. The quantitative estimate of drug-likeness (QED) is 0.809. The van der Waals surface area contributed by atoms with E-state index in [-0.39, 0.29) is 4.90 Å². The lowest BCUT2D eigenvalue weighted by Crippen LogP contribution is -2.29. The summed E-state index contributed by atoms with van der Waals surface area (Å²) in [5, 5.41) is 4.98. The average Bonchev–Trinajstić information content (AvgIpc) is 3.14. The Hall–Kier alpha value is -1.18. The lowest BCUT2D eigenvalue weighted by Gasteiger charge is -2.25. The van der Waals surface area contributed by atoms with Crippen LogP contribution in [-0.2, 0) is 10.0 Å². The van der Waals surface area contributed by atoms with Crippen molar-refractivity contribution in [3.05, 3.63) is 24.0 Å². The van der Waals surface area contributed by atoms with Crippen LogP contribution in [0.15, 0.2) is 23.1 Å². The highest BCUT2D eigenvalue weighted by Gasteiger charge is 2.30. The van der Waals surface area contributed by atoms with Crippen molar-refractivity contribution >= 4 is 15.7 Å². The Kier molecular flexibility index (Phi) is 4.07. The van der Waals surface area contributed by atoms with Crippen LogP contribution >= 0.6 is 0 Å². The van der Waals surface area contributed by atoms with Gasteiger partial charge in [-0.25, -0.2) is 17.9 Å². The highest BCUT2D eigenvalue weighted by atomic mass is 32.2. The molecule has 0 amide bonds. The van der Waals surface area contributed by atoms with Gasteiger partial charge in [-0.3, -0.25) is 0 Å². The third-order valence-electron chi connectivity index (χ3n) is 3.15. The molecule has 4 N–H and O–H groups in total. The number of hydrogen-bond donors (Lipinski definition) is 2. The summed E-state index contributed by atoms with van der Waals surface area (Å²) in [7, 11) is -3.87. The van der Waals surface area contributed by atoms with Crippen LogP contribution in [0.5, 0.6) is 0 Å². The number of sulfonamides is 1. The molecule has 0 bridgehead atoms. The van der Waals surface area contributed by atoms with Gasteiger partial charge in [-0.2, -0.15) is 0 Å². The molecule has 1 aromatic carbocycles. The van der Waals surface area contributed by atoms with E-state index in [4.69, 9.17) is 10.9 Å². The second-order valence-electron chi connectivity index (χ2n) is 4.73. The summed E-state index contributed by atoms with van der Waals surface area (Å²) in [6.07, 6.45) is 2.83. The van der Waals surface area contributed by atoms with Crippen LogP contribution in [0.2, 0.25) is 0 Å². The van der Waals surface area contributed by atoms with Crippen LogP contribution in [-0.4, -0.2) is 27.5 Å². The highest BCUT2D eigenvalue weighted by Crippen LogP contribution is 2.33. The zero-order chi connectivity index (χ0) is 14.0. The standard InChI is InChI=1S/C12H18FN3O2S/c13-11-8-10(19(15,17)18)4-5-12(11)16(7-1-6-14)9-2-3-9/h4-5,8-9H,1-3,6-7,14H2,(H2,15,17,18). The van der Waals surface area contributed by atoms with Gasteiger partial charge in [0.05, 0.1) is 10.6 Å². The lowest BCUT2D eigenvalue weighted by atomic mass is 10.2. The molecule has 19 heavy (non-hydrogen) atoms. The van der Waals surface area contributed by atoms with Crippen molar-refractivity contribution in [1.29, 1.82) is 0 Å². The molecule has 1 saturated carbocycles. The SMILES string of the molecule is NCCCN(c1ccc(S(N)(=O)=O)cc1F)C1CC1. The molecular formula is C12H18FN3O2S. The van der Waals surface area contributed by atoms with Crippen molar-refractivity contribution in [2.45, 2.75) is 30.2 Å². The Morgan fingerprint density at radius 2 is 2.05 bits per heavy atom. The van der Waals surface area contributed by atoms with Gasteiger partial charge in [0.1, 0.15) is 5.82 Å². The summed E-state index contributed by atoms with van der Waals surface area (Å²) < 4.78 is 36.4. The molecule has 0 spiro atoms. The van der Waals surface area contributed by atoms with E-state index in [1.807, 2.05) is 4.90 Å². The van der Waals surface area contributed by atoms with Crippen LogP contribution in [0.25, 0.3) is 0 Å². The van der Waals surface area contributed by atoms with E-state index in [0.717, 1.165) is 25.3 Å². The predicted molar refractivity (Wildman–Crippen MR) is 71.8 cm³/mol. The molecule has 7 heteroatoms. The number of benzene rings is 1. The fourth-order valence-electron chi connectivity index (χ4n) is 2.05. The number of anilines is 1. The zero-order valence-electron chi connectivity index (χ0n) is 10.5. The van der Waals surface area contributed by atoms with Gasteiger partial charge in [-0.1, -0.05) is 0 Å². The van der Waals surface area contributed by atoms with Crippen LogP contribution in [0, 0.1) is 5.82 Å². The van der Waals surface area contributed by atoms with Crippen molar-refractivity contribution < 1.29 is 12.8 Å². The Labute approximate surface area is 112 Å². The van der Waals surface area contributed by atoms with Gasteiger partial charge in [-0.15, -0.1) is 0 Å². The summed E-state index contributed by atoms with van der Waals surface area (Å²) in [6, 6.07) is 4.12. The Morgan fingerprint density at radius 1 is 1.37 bits per heavy atom. The third kappa shape index (κ3) is 3.43. The van der Waals surface area contributed by atoms with E-state index in [9.17, 15) is 12.8 Å². The van der Waals surface area contributed by atoms with Crippen LogP contribution in [0.3, 0.4) is 0 Å². The van der Waals surface area contributed by atoms with Crippen LogP contribution in [0.1, 0.15) is 19.3 Å². The third-order valence-corrected chi connectivity index (χ3v) is 4.06. The Morgan fingerprint density at radius 3 is 2.53 bits per heavy atom. The molecule has 106 valence electrons. The average molecular weight is 287 g/mol. The number of halogens is 1. The molecule has 0 unspecified atom stereocenters. The van der Waals surface area contributed by atoms with Gasteiger partial charge >= 0.3 is 0 Å². The maximum Gasteiger partial charge on any atom is 0.238 e. The summed E-state index contributed by atoms with van der Waals surface area (Å²) in [6.45, 7) is 1.22. The molecule has 0 aromatic heterocycles. The van der Waals surface area contributed by atoms with Gasteiger partial charge < -0.3 is 10.6 Å². The van der Waals surface area contributed by atoms with Gasteiger partial charge in [0, 0.05) is 12.6 Å². The Bertz CT molecular complexity index is 558. The number of primary sulfonamides is 1. The monoisotopic (exact) mass is 287 g/mol. The molecular weight excluding hydrogens is 269 g/mol. The first kappa shape index (κ1) is 14.2. The zero-order valence-corrected chi connectivity index (χ0v) is 11.4. The van der Waals surface area contributed by atoms with E-state index in [1.54, 1.807) is 0 Å². The molecule has 1 aliphatic carbocycles. The Balaban J connectivity index is 2.28. The van der Waals surface area contributed by atoms with E-state index in [2.05, 4.69) is 0 Å². The van der Waals surface area contributed by atoms with Crippen molar-refractivity contribution in [3.63, 3.8) is 0 Å². The molecule has 1 fully saturated rings. The van der Waals surface area contributed by atoms with E-state index >= 15 is 0 Å². The van der Waals surface area contributed by atoms with E-state index < -0.39 is 15.8 Å². The predicted octanol–water partition coefficient (Wildman–Crippen LogP) is 0.791. The molecule has 0 heterocycles. The number of hydrogen-bond acceptors (Lipinski definition) is 4. The van der Waals surface area contributed by atoms with Crippen molar-refractivity contribution in [2.24, 2.45) is 10.9 Å². The molecule has 0 saturated heterocycles. The molecule has 2 rings (SSSR count). The van der Waals surface area contributed by atoms with Crippen molar-refractivity contribution in [3.8, 4) is 0 Å². The summed E-state index contributed by atoms with van der Waals surface area (Å²) in [5.74, 6) is -0.560. The second kappa shape index (κ2) is 5.44. The minimum atomic E-state index is -3.87. The fourth-order valence-corrected chi connectivity index (χ4v) is 2.57. The number of nitrogens with two attached hydrogens (primary N) is 2. The van der Waals surface area contributed by atoms with Crippen molar-refractivity contribution in [1.82, 2.24) is 0 Å². The van der Waals surface area contributed by atoms with Gasteiger partial charge in [0.2, 0.25) is 10.0 Å². The second-order valence-corrected chi connectivity index (χ2v) is 6.29. The van der Waals surface area contributed by atoms with E-state index in [0.29, 0.717) is 24.8 Å². The molecule has 0 atom stereocenters. The number of nitrogens with zero attached hydrogens (tertiary/aromatic N) is 1. The topological polar surface area (TPSA) is 89.4 Å². The number of rotatable bonds is 6. The molecule has 1 aliphatic rings. The maximum absolute atomic E-state index is 14.1. The van der Waals surface area contributed by atoms with Crippen LogP contribution < -0.4 is 15.8 Å². The molecule has 5 nitrogen and oxygen atoms in total. The summed E-state index contributed by atoms with van der Waals surface area (Å²) >= 11 is 0. The molecule has 0 radical (unpaired) electrons.